The van der Waals surface area contributed by atoms with E-state index in [2.05, 4.69) is 5.10 Å². The Morgan fingerprint density at radius 3 is 2.41 bits per heavy atom. The molecule has 3 aromatic carbocycles. The monoisotopic (exact) mass is 429 g/mol. The highest BCUT2D eigenvalue weighted by Crippen LogP contribution is 2.29. The van der Waals surface area contributed by atoms with Crippen LogP contribution in [0.1, 0.15) is 22.3 Å². The number of benzene rings is 3. The van der Waals surface area contributed by atoms with Crippen LogP contribution in [0.2, 0.25) is 0 Å². The van der Waals surface area contributed by atoms with Crippen molar-refractivity contribution in [2.45, 2.75) is 26.9 Å². The first-order valence-corrected chi connectivity index (χ1v) is 10.4. The number of fused-ring (bicyclic) bond motifs is 3. The predicted octanol–water partition coefficient (Wildman–Crippen LogP) is 5.29. The maximum Gasteiger partial charge on any atom is 0.278 e. The standard InChI is InChI=1S/C26H21F2N3O/c1-16-3-4-17(2)19(11-16)14-31-26(32)23-15-30(13-18-5-7-20(27)8-6-18)24-10-9-21(28)12-22(24)25(23)29-31/h3-12,15H,13-14H2,1-2H3. The van der Waals surface area contributed by atoms with Gasteiger partial charge in [0.25, 0.3) is 5.56 Å². The zero-order valence-corrected chi connectivity index (χ0v) is 17.8. The number of hydrogen-bond acceptors (Lipinski definition) is 2. The largest absolute Gasteiger partial charge is 0.342 e. The lowest BCUT2D eigenvalue weighted by atomic mass is 10.1. The first-order valence-electron chi connectivity index (χ1n) is 10.4. The third kappa shape index (κ3) is 3.58. The number of pyridine rings is 1. The molecule has 0 radical (unpaired) electrons. The molecule has 3 aromatic rings. The summed E-state index contributed by atoms with van der Waals surface area (Å²) in [6.07, 6.45) is 1.76. The van der Waals surface area contributed by atoms with E-state index in [1.165, 1.54) is 28.9 Å². The number of aromatic nitrogens is 3. The summed E-state index contributed by atoms with van der Waals surface area (Å²) in [4.78, 5) is 13.3. The molecule has 2 aliphatic rings. The molecule has 0 amide bonds. The first-order chi connectivity index (χ1) is 15.4. The Labute approximate surface area is 183 Å². The van der Waals surface area contributed by atoms with Crippen LogP contribution >= 0.6 is 0 Å². The normalized spacial score (nSPS) is 11.5. The van der Waals surface area contributed by atoms with Crippen molar-refractivity contribution in [3.05, 3.63) is 111 Å². The second-order valence-electron chi connectivity index (χ2n) is 8.20. The molecule has 0 unspecified atom stereocenters. The van der Waals surface area contributed by atoms with Crippen LogP contribution < -0.4 is 5.56 Å². The zero-order valence-electron chi connectivity index (χ0n) is 17.8. The summed E-state index contributed by atoms with van der Waals surface area (Å²) in [5, 5.41) is 5.15. The van der Waals surface area contributed by atoms with Gasteiger partial charge in [0.2, 0.25) is 0 Å². The van der Waals surface area contributed by atoms with E-state index >= 15 is 0 Å². The van der Waals surface area contributed by atoms with Crippen LogP contribution in [0.4, 0.5) is 8.78 Å². The van der Waals surface area contributed by atoms with Gasteiger partial charge in [-0.2, -0.15) is 5.10 Å². The molecule has 0 aliphatic carbocycles. The molecule has 0 bridgehead atoms. The highest BCUT2D eigenvalue weighted by atomic mass is 19.1. The lowest BCUT2D eigenvalue weighted by molar-refractivity contribution is 0.626. The van der Waals surface area contributed by atoms with E-state index in [9.17, 15) is 13.6 Å². The molecule has 160 valence electrons. The number of aryl methyl sites for hydroxylation is 2. The topological polar surface area (TPSA) is 39.8 Å². The van der Waals surface area contributed by atoms with Crippen molar-refractivity contribution >= 4 is 10.9 Å². The highest BCUT2D eigenvalue weighted by Gasteiger charge is 2.21. The van der Waals surface area contributed by atoms with Crippen LogP contribution in [0.5, 0.6) is 0 Å². The average molecular weight is 429 g/mol. The van der Waals surface area contributed by atoms with Crippen LogP contribution in [0, 0.1) is 25.5 Å². The SMILES string of the molecule is Cc1ccc(C)c(Cn2nc3c4cc(F)ccc4n(Cc4ccc(F)cc4)cc-3c2=O)c1. The van der Waals surface area contributed by atoms with E-state index < -0.39 is 5.82 Å². The molecule has 0 saturated heterocycles. The van der Waals surface area contributed by atoms with Crippen molar-refractivity contribution in [1.82, 2.24) is 14.3 Å². The molecule has 32 heavy (non-hydrogen) atoms. The first kappa shape index (κ1) is 20.1. The molecule has 0 fully saturated rings. The Morgan fingerprint density at radius 1 is 0.875 bits per heavy atom. The average Bonchev–Trinajstić information content (AvgIpc) is 3.08. The maximum absolute atomic E-state index is 14.2. The van der Waals surface area contributed by atoms with E-state index in [0.29, 0.717) is 29.7 Å². The third-order valence-electron chi connectivity index (χ3n) is 5.84. The fourth-order valence-electron chi connectivity index (χ4n) is 4.11. The quantitative estimate of drug-likeness (QED) is 0.389. The van der Waals surface area contributed by atoms with Gasteiger partial charge in [-0.15, -0.1) is 0 Å². The molecule has 2 heterocycles. The Morgan fingerprint density at radius 2 is 1.62 bits per heavy atom. The summed E-state index contributed by atoms with van der Waals surface area (Å²) >= 11 is 0. The van der Waals surface area contributed by atoms with Gasteiger partial charge in [-0.05, 0) is 60.9 Å². The van der Waals surface area contributed by atoms with Crippen LogP contribution in [0.3, 0.4) is 0 Å². The number of rotatable bonds is 4. The lowest BCUT2D eigenvalue weighted by Gasteiger charge is -2.14. The molecule has 0 spiro atoms. The highest BCUT2D eigenvalue weighted by molar-refractivity contribution is 5.93. The zero-order chi connectivity index (χ0) is 22.4. The molecule has 0 saturated carbocycles. The Kier molecular flexibility index (Phi) is 4.85. The second-order valence-corrected chi connectivity index (χ2v) is 8.20. The molecule has 6 heteroatoms. The van der Waals surface area contributed by atoms with Gasteiger partial charge < -0.3 is 4.57 Å². The summed E-state index contributed by atoms with van der Waals surface area (Å²) in [5.74, 6) is -0.703. The Hall–Kier alpha value is -3.80. The molecule has 2 aliphatic heterocycles. The van der Waals surface area contributed by atoms with Crippen molar-refractivity contribution in [3.8, 4) is 11.3 Å². The summed E-state index contributed by atoms with van der Waals surface area (Å²) in [6, 6.07) is 16.8. The minimum absolute atomic E-state index is 0.222. The van der Waals surface area contributed by atoms with Crippen molar-refractivity contribution in [1.29, 1.82) is 0 Å². The minimum Gasteiger partial charge on any atom is -0.342 e. The molecule has 0 atom stereocenters. The molecular formula is C26H21F2N3O. The Bertz CT molecular complexity index is 1480. The van der Waals surface area contributed by atoms with Crippen molar-refractivity contribution in [2.24, 2.45) is 0 Å². The fourth-order valence-corrected chi connectivity index (χ4v) is 4.11. The van der Waals surface area contributed by atoms with Gasteiger partial charge in [0, 0.05) is 18.1 Å². The third-order valence-corrected chi connectivity index (χ3v) is 5.84. The van der Waals surface area contributed by atoms with Gasteiger partial charge >= 0.3 is 0 Å². The van der Waals surface area contributed by atoms with Gasteiger partial charge in [-0.1, -0.05) is 35.9 Å². The van der Waals surface area contributed by atoms with E-state index in [-0.39, 0.29) is 11.4 Å². The van der Waals surface area contributed by atoms with E-state index in [1.807, 2.05) is 36.6 Å². The molecular weight excluding hydrogens is 408 g/mol. The van der Waals surface area contributed by atoms with Crippen molar-refractivity contribution < 1.29 is 8.78 Å². The van der Waals surface area contributed by atoms with E-state index in [1.54, 1.807) is 24.4 Å². The molecule has 0 N–H and O–H groups in total. The lowest BCUT2D eigenvalue weighted by Crippen LogP contribution is -2.18. The summed E-state index contributed by atoms with van der Waals surface area (Å²) in [6.45, 7) is 4.77. The van der Waals surface area contributed by atoms with Gasteiger partial charge in [-0.25, -0.2) is 13.5 Å². The summed E-state index contributed by atoms with van der Waals surface area (Å²) in [7, 11) is 0. The van der Waals surface area contributed by atoms with Crippen molar-refractivity contribution in [3.63, 3.8) is 0 Å². The van der Waals surface area contributed by atoms with Gasteiger partial charge in [0.05, 0.1) is 17.6 Å². The van der Waals surface area contributed by atoms with E-state index in [0.717, 1.165) is 27.8 Å². The van der Waals surface area contributed by atoms with Gasteiger partial charge in [0.15, 0.2) is 0 Å². The van der Waals surface area contributed by atoms with Gasteiger partial charge in [-0.3, -0.25) is 4.79 Å². The van der Waals surface area contributed by atoms with Crippen LogP contribution in [-0.4, -0.2) is 14.3 Å². The Balaban J connectivity index is 1.68. The maximum atomic E-state index is 14.2. The number of hydrogen-bond donors (Lipinski definition) is 0. The molecule has 5 rings (SSSR count). The summed E-state index contributed by atoms with van der Waals surface area (Å²) < 4.78 is 30.8. The summed E-state index contributed by atoms with van der Waals surface area (Å²) in [5.41, 5.74) is 5.51. The molecule has 4 nitrogen and oxygen atoms in total. The van der Waals surface area contributed by atoms with Crippen LogP contribution in [-0.2, 0) is 13.1 Å². The van der Waals surface area contributed by atoms with Crippen LogP contribution in [0.15, 0.2) is 71.7 Å². The minimum atomic E-state index is -0.394. The van der Waals surface area contributed by atoms with Gasteiger partial charge in [0.1, 0.15) is 17.3 Å². The van der Waals surface area contributed by atoms with E-state index in [4.69, 9.17) is 0 Å². The smallest absolute Gasteiger partial charge is 0.278 e. The predicted molar refractivity (Wildman–Crippen MR) is 121 cm³/mol. The molecule has 0 aromatic heterocycles. The fraction of sp³-hybridized carbons (Fsp3) is 0.154. The second kappa shape index (κ2) is 7.71. The number of halogens is 2. The number of nitrogens with zero attached hydrogens (tertiary/aromatic N) is 3. The van der Waals surface area contributed by atoms with Crippen molar-refractivity contribution in [2.75, 3.05) is 0 Å². The van der Waals surface area contributed by atoms with Crippen LogP contribution in [0.25, 0.3) is 22.2 Å².